The first-order valence-corrected chi connectivity index (χ1v) is 11.1. The van der Waals surface area contributed by atoms with Crippen LogP contribution in [0.4, 0.5) is 10.2 Å². The third-order valence-corrected chi connectivity index (χ3v) is 7.37. The number of nitrogens with zero attached hydrogens (tertiary/aromatic N) is 4. The maximum Gasteiger partial charge on any atom is 0.230 e. The van der Waals surface area contributed by atoms with Crippen LogP contribution in [0.2, 0.25) is 5.02 Å². The Morgan fingerprint density at radius 3 is 2.76 bits per heavy atom. The van der Waals surface area contributed by atoms with Crippen LogP contribution in [0.3, 0.4) is 0 Å². The summed E-state index contributed by atoms with van der Waals surface area (Å²) in [4.78, 5) is 22.1. The van der Waals surface area contributed by atoms with Crippen molar-refractivity contribution in [2.24, 2.45) is 11.3 Å². The molecular formula is C22H28ClFN4O. The highest BCUT2D eigenvalue weighted by Gasteiger charge is 2.51. The van der Waals surface area contributed by atoms with Crippen LogP contribution in [0.15, 0.2) is 12.3 Å². The van der Waals surface area contributed by atoms with E-state index in [-0.39, 0.29) is 11.3 Å². The van der Waals surface area contributed by atoms with Crippen molar-refractivity contribution >= 4 is 23.3 Å². The average Bonchev–Trinajstić information content (AvgIpc) is 3.04. The lowest BCUT2D eigenvalue weighted by molar-refractivity contribution is -0.139. The van der Waals surface area contributed by atoms with Crippen LogP contribution in [0, 0.1) is 22.7 Å². The number of pyridine rings is 1. The number of halogens is 2. The molecule has 1 aromatic heterocycles. The first-order valence-electron chi connectivity index (χ1n) is 10.7. The molecule has 7 heteroatoms. The van der Waals surface area contributed by atoms with Crippen LogP contribution in [0.25, 0.3) is 0 Å². The highest BCUT2D eigenvalue weighted by Crippen LogP contribution is 2.44. The predicted octanol–water partition coefficient (Wildman–Crippen LogP) is 4.50. The molecule has 0 bridgehead atoms. The fourth-order valence-electron chi connectivity index (χ4n) is 5.45. The number of nitriles is 1. The third kappa shape index (κ3) is 3.94. The van der Waals surface area contributed by atoms with Gasteiger partial charge in [0.15, 0.2) is 0 Å². The minimum absolute atomic E-state index is 0.280. The van der Waals surface area contributed by atoms with Gasteiger partial charge in [-0.25, -0.2) is 9.37 Å². The normalized spacial score (nSPS) is 30.0. The maximum absolute atomic E-state index is 13.5. The first-order chi connectivity index (χ1) is 14.1. The van der Waals surface area contributed by atoms with Gasteiger partial charge in [-0.05, 0) is 56.9 Å². The number of carbonyl (C=O) groups excluding carboxylic acids is 1. The Morgan fingerprint density at radius 1 is 1.28 bits per heavy atom. The standard InChI is InChI=1S/C22H28ClFN4O/c23-19-12-17(13-24)14-26-20(19)27-10-1-7-22(15-27)8-11-28(21(22)29)18-4-2-16(3-5-18)6-9-25/h12,14,16,18H,1-8,10-11,13,15H2/t16-,18-,22?. The Labute approximate surface area is 176 Å². The van der Waals surface area contributed by atoms with Gasteiger partial charge in [0.05, 0.1) is 16.5 Å². The minimum Gasteiger partial charge on any atom is -0.354 e. The summed E-state index contributed by atoms with van der Waals surface area (Å²) >= 11 is 6.37. The SMILES string of the molecule is N#CC[C@H]1CC[C@H](N2CCC3(CCCN(c4ncc(CF)cc4Cl)C3)C2=O)CC1. The second-order valence-corrected chi connectivity index (χ2v) is 9.28. The number of piperidine rings is 1. The van der Waals surface area contributed by atoms with E-state index in [0.717, 1.165) is 58.0 Å². The molecule has 1 spiro atoms. The predicted molar refractivity (Wildman–Crippen MR) is 110 cm³/mol. The highest BCUT2D eigenvalue weighted by molar-refractivity contribution is 6.33. The van der Waals surface area contributed by atoms with Gasteiger partial charge in [-0.1, -0.05) is 11.6 Å². The van der Waals surface area contributed by atoms with Crippen molar-refractivity contribution in [1.82, 2.24) is 9.88 Å². The van der Waals surface area contributed by atoms with Gasteiger partial charge in [0, 0.05) is 43.9 Å². The van der Waals surface area contributed by atoms with Gasteiger partial charge in [-0.15, -0.1) is 0 Å². The Kier molecular flexibility index (Phi) is 5.96. The van der Waals surface area contributed by atoms with Gasteiger partial charge in [0.25, 0.3) is 0 Å². The van der Waals surface area contributed by atoms with E-state index < -0.39 is 6.67 Å². The Morgan fingerprint density at radius 2 is 2.07 bits per heavy atom. The lowest BCUT2D eigenvalue weighted by atomic mass is 9.78. The molecule has 1 aliphatic carbocycles. The van der Waals surface area contributed by atoms with Crippen molar-refractivity contribution in [2.45, 2.75) is 64.1 Å². The van der Waals surface area contributed by atoms with Crippen LogP contribution in [-0.2, 0) is 11.5 Å². The van der Waals surface area contributed by atoms with E-state index in [2.05, 4.69) is 20.9 Å². The largest absolute Gasteiger partial charge is 0.354 e. The maximum atomic E-state index is 13.5. The second-order valence-electron chi connectivity index (χ2n) is 8.87. The lowest BCUT2D eigenvalue weighted by Crippen LogP contribution is -2.50. The zero-order chi connectivity index (χ0) is 20.4. The number of alkyl halides is 1. The topological polar surface area (TPSA) is 60.2 Å². The molecule has 2 saturated heterocycles. The number of hydrogen-bond donors (Lipinski definition) is 0. The molecule has 3 aliphatic rings. The summed E-state index contributed by atoms with van der Waals surface area (Å²) in [6.07, 6.45) is 8.98. The first kappa shape index (κ1) is 20.4. The fourth-order valence-corrected chi connectivity index (χ4v) is 5.76. The summed E-state index contributed by atoms with van der Waals surface area (Å²) < 4.78 is 12.9. The number of aromatic nitrogens is 1. The van der Waals surface area contributed by atoms with Gasteiger partial charge in [-0.3, -0.25) is 4.79 Å². The molecule has 1 atom stereocenters. The smallest absolute Gasteiger partial charge is 0.230 e. The average molecular weight is 419 g/mol. The van der Waals surface area contributed by atoms with Crippen molar-refractivity contribution in [3.8, 4) is 6.07 Å². The monoisotopic (exact) mass is 418 g/mol. The van der Waals surface area contributed by atoms with Gasteiger partial charge in [-0.2, -0.15) is 5.26 Å². The van der Waals surface area contributed by atoms with E-state index >= 15 is 0 Å². The fraction of sp³-hybridized carbons (Fsp3) is 0.682. The van der Waals surface area contributed by atoms with Crippen LogP contribution in [0.5, 0.6) is 0 Å². The number of hydrogen-bond acceptors (Lipinski definition) is 4. The molecule has 29 heavy (non-hydrogen) atoms. The van der Waals surface area contributed by atoms with Crippen LogP contribution in [-0.4, -0.2) is 41.5 Å². The molecule has 2 aliphatic heterocycles. The molecule has 1 saturated carbocycles. The molecule has 3 fully saturated rings. The number of rotatable bonds is 4. The molecular weight excluding hydrogens is 391 g/mol. The second kappa shape index (κ2) is 8.47. The van der Waals surface area contributed by atoms with E-state index in [1.807, 2.05) is 0 Å². The summed E-state index contributed by atoms with van der Waals surface area (Å²) in [7, 11) is 0. The van der Waals surface area contributed by atoms with E-state index in [0.29, 0.717) is 41.3 Å². The van der Waals surface area contributed by atoms with Gasteiger partial charge < -0.3 is 9.80 Å². The molecule has 1 amide bonds. The number of carbonyl (C=O) groups is 1. The molecule has 0 N–H and O–H groups in total. The van der Waals surface area contributed by atoms with Gasteiger partial charge in [0.1, 0.15) is 12.5 Å². The van der Waals surface area contributed by atoms with Crippen molar-refractivity contribution in [3.05, 3.63) is 22.8 Å². The summed E-state index contributed by atoms with van der Waals surface area (Å²) in [5, 5.41) is 9.37. The minimum atomic E-state index is -0.582. The van der Waals surface area contributed by atoms with Gasteiger partial charge in [0.2, 0.25) is 5.91 Å². The number of anilines is 1. The highest BCUT2D eigenvalue weighted by atomic mass is 35.5. The van der Waals surface area contributed by atoms with Crippen LogP contribution < -0.4 is 4.90 Å². The molecule has 1 aromatic rings. The lowest BCUT2D eigenvalue weighted by Gasteiger charge is -2.41. The molecule has 0 radical (unpaired) electrons. The van der Waals surface area contributed by atoms with Crippen LogP contribution >= 0.6 is 11.6 Å². The van der Waals surface area contributed by atoms with Crippen molar-refractivity contribution in [1.29, 1.82) is 5.26 Å². The van der Waals surface area contributed by atoms with E-state index in [1.54, 1.807) is 6.07 Å². The molecule has 5 nitrogen and oxygen atoms in total. The van der Waals surface area contributed by atoms with Crippen LogP contribution in [0.1, 0.15) is 56.9 Å². The summed E-state index contributed by atoms with van der Waals surface area (Å²) in [6.45, 7) is 1.69. The zero-order valence-corrected chi connectivity index (χ0v) is 17.5. The summed E-state index contributed by atoms with van der Waals surface area (Å²) in [5.41, 5.74) is 0.117. The molecule has 4 rings (SSSR count). The zero-order valence-electron chi connectivity index (χ0n) is 16.7. The third-order valence-electron chi connectivity index (χ3n) is 7.09. The number of likely N-dealkylation sites (tertiary alicyclic amines) is 1. The Balaban J connectivity index is 1.45. The van der Waals surface area contributed by atoms with Crippen molar-refractivity contribution < 1.29 is 9.18 Å². The molecule has 3 heterocycles. The Bertz CT molecular complexity index is 804. The Hall–Kier alpha value is -1.87. The van der Waals surface area contributed by atoms with Crippen molar-refractivity contribution in [3.63, 3.8) is 0 Å². The quantitative estimate of drug-likeness (QED) is 0.722. The van der Waals surface area contributed by atoms with E-state index in [4.69, 9.17) is 16.9 Å². The van der Waals surface area contributed by atoms with E-state index in [1.165, 1.54) is 6.20 Å². The molecule has 1 unspecified atom stereocenters. The van der Waals surface area contributed by atoms with E-state index in [9.17, 15) is 9.18 Å². The van der Waals surface area contributed by atoms with Gasteiger partial charge >= 0.3 is 0 Å². The molecule has 0 aromatic carbocycles. The number of amides is 1. The molecule has 156 valence electrons. The summed E-state index contributed by atoms with van der Waals surface area (Å²) in [6, 6.07) is 4.24. The van der Waals surface area contributed by atoms with Crippen molar-refractivity contribution in [2.75, 3.05) is 24.5 Å². The summed E-state index contributed by atoms with van der Waals surface area (Å²) in [5.74, 6) is 1.43.